The van der Waals surface area contributed by atoms with Crippen molar-refractivity contribution >= 4 is 87.2 Å². The Morgan fingerprint density at radius 3 is 2.07 bits per heavy atom. The largest absolute Gasteiger partial charge is 0.495 e. The first kappa shape index (κ1) is 21.2. The number of allylic oxidation sites excluding steroid dienone is 2. The van der Waals surface area contributed by atoms with Crippen LogP contribution < -0.4 is 10.1 Å². The van der Waals surface area contributed by atoms with Crippen LogP contribution in [0.2, 0.25) is 0 Å². The van der Waals surface area contributed by atoms with Crippen molar-refractivity contribution in [1.82, 2.24) is 0 Å². The molecule has 1 saturated carbocycles. The standard InChI is InChI=1S/C16H11Cl6NO4/c1-27-7-5-3-2-4-6(7)23-12(24)8-9(13(25)26)15(20)11(18)10(17)14(8,19)16(15,21)22/h2-5,8-9H,1H3,(H,23,24)(H,25,26)/t8-,9+,14-,15-/m1/s1. The molecule has 0 unspecified atom stereocenters. The predicted octanol–water partition coefficient (Wildman–Crippen LogP) is 4.80. The molecule has 1 aromatic carbocycles. The topological polar surface area (TPSA) is 75.6 Å². The maximum Gasteiger partial charge on any atom is 0.309 e. The van der Waals surface area contributed by atoms with Gasteiger partial charge in [-0.25, -0.2) is 0 Å². The third-order valence-corrected chi connectivity index (χ3v) is 9.11. The SMILES string of the molecule is COc1ccccc1NC(=O)[C@H]1[C@@H](C(=O)O)[C@@]2(Cl)C(Cl)=C(Cl)[C@@]1(Cl)C2(Cl)Cl. The Morgan fingerprint density at radius 1 is 1.04 bits per heavy atom. The fourth-order valence-corrected chi connectivity index (χ4v) is 6.52. The summed E-state index contributed by atoms with van der Waals surface area (Å²) in [5, 5.41) is 11.8. The number of anilines is 1. The van der Waals surface area contributed by atoms with Crippen LogP contribution >= 0.6 is 69.6 Å². The van der Waals surface area contributed by atoms with Crippen molar-refractivity contribution in [3.63, 3.8) is 0 Å². The van der Waals surface area contributed by atoms with Gasteiger partial charge in [0.15, 0.2) is 4.33 Å². The van der Waals surface area contributed by atoms with Crippen LogP contribution in [-0.4, -0.2) is 38.2 Å². The van der Waals surface area contributed by atoms with Gasteiger partial charge in [-0.1, -0.05) is 58.5 Å². The lowest BCUT2D eigenvalue weighted by atomic mass is 9.81. The first-order chi connectivity index (χ1) is 12.5. The molecular weight excluding hydrogens is 483 g/mol. The van der Waals surface area contributed by atoms with Crippen molar-refractivity contribution in [2.24, 2.45) is 11.8 Å². The molecule has 2 aliphatic rings. The highest BCUT2D eigenvalue weighted by atomic mass is 35.5. The summed E-state index contributed by atoms with van der Waals surface area (Å²) in [6.07, 6.45) is 0. The van der Waals surface area contributed by atoms with Gasteiger partial charge in [0.25, 0.3) is 0 Å². The molecule has 2 N–H and O–H groups in total. The van der Waals surface area contributed by atoms with Crippen LogP contribution in [0.5, 0.6) is 5.75 Å². The number of amides is 1. The molecule has 5 nitrogen and oxygen atoms in total. The number of carboxylic acids is 1. The molecule has 1 aromatic rings. The van der Waals surface area contributed by atoms with E-state index in [1.165, 1.54) is 7.11 Å². The smallest absolute Gasteiger partial charge is 0.309 e. The normalized spacial score (nSPS) is 33.9. The number of alkyl halides is 4. The molecule has 0 heterocycles. The van der Waals surface area contributed by atoms with Gasteiger partial charge in [0.2, 0.25) is 5.91 Å². The van der Waals surface area contributed by atoms with E-state index >= 15 is 0 Å². The third kappa shape index (κ3) is 2.52. The first-order valence-electron chi connectivity index (χ1n) is 7.44. The zero-order chi connectivity index (χ0) is 20.4. The Balaban J connectivity index is 2.12. The number of benzene rings is 1. The second-order valence-electron chi connectivity index (χ2n) is 6.11. The third-order valence-electron chi connectivity index (χ3n) is 4.85. The van der Waals surface area contributed by atoms with Crippen molar-refractivity contribution < 1.29 is 19.4 Å². The van der Waals surface area contributed by atoms with Crippen LogP contribution in [-0.2, 0) is 9.59 Å². The van der Waals surface area contributed by atoms with Crippen LogP contribution in [0.1, 0.15) is 0 Å². The number of methoxy groups -OCH3 is 1. The maximum absolute atomic E-state index is 13.1. The van der Waals surface area contributed by atoms with Crippen LogP contribution in [0.15, 0.2) is 34.3 Å². The van der Waals surface area contributed by atoms with Crippen LogP contribution in [0, 0.1) is 11.8 Å². The molecule has 0 spiro atoms. The number of para-hydroxylation sites is 2. The van der Waals surface area contributed by atoms with E-state index in [1.54, 1.807) is 24.3 Å². The number of nitrogens with one attached hydrogen (secondary N) is 1. The summed E-state index contributed by atoms with van der Waals surface area (Å²) in [6.45, 7) is 0. The van der Waals surface area contributed by atoms with Crippen molar-refractivity contribution in [2.75, 3.05) is 12.4 Å². The first-order valence-corrected chi connectivity index (χ1v) is 9.71. The Kier molecular flexibility index (Phi) is 5.29. The van der Waals surface area contributed by atoms with E-state index in [0.717, 1.165) is 0 Å². The zero-order valence-corrected chi connectivity index (χ0v) is 17.9. The van der Waals surface area contributed by atoms with Crippen LogP contribution in [0.4, 0.5) is 5.69 Å². The predicted molar refractivity (Wildman–Crippen MR) is 107 cm³/mol. The minimum Gasteiger partial charge on any atom is -0.495 e. The van der Waals surface area contributed by atoms with Gasteiger partial charge >= 0.3 is 5.97 Å². The number of carbonyl (C=O) groups excluding carboxylic acids is 1. The number of rotatable bonds is 4. The molecule has 1 amide bonds. The van der Waals surface area contributed by atoms with Crippen molar-refractivity contribution in [1.29, 1.82) is 0 Å². The maximum atomic E-state index is 13.1. The number of aliphatic carboxylic acids is 1. The highest BCUT2D eigenvalue weighted by molar-refractivity contribution is 6.66. The van der Waals surface area contributed by atoms with E-state index in [4.69, 9.17) is 74.3 Å². The number of carbonyl (C=O) groups is 2. The molecule has 1 fully saturated rings. The molecule has 2 bridgehead atoms. The Hall–Kier alpha value is -0.560. The average Bonchev–Trinajstić information content (AvgIpc) is 2.82. The monoisotopic (exact) mass is 491 g/mol. The summed E-state index contributed by atoms with van der Waals surface area (Å²) >= 11 is 38.1. The summed E-state index contributed by atoms with van der Waals surface area (Å²) in [6, 6.07) is 6.53. The van der Waals surface area contributed by atoms with Crippen molar-refractivity contribution in [3.05, 3.63) is 34.3 Å². The lowest BCUT2D eigenvalue weighted by Gasteiger charge is -2.33. The highest BCUT2D eigenvalue weighted by Gasteiger charge is 2.85. The molecule has 0 aromatic heterocycles. The number of hydrogen-bond donors (Lipinski definition) is 2. The second-order valence-corrected chi connectivity index (χ2v) is 9.38. The number of ether oxygens (including phenoxy) is 1. The molecule has 0 saturated heterocycles. The molecule has 0 radical (unpaired) electrons. The van der Waals surface area contributed by atoms with Crippen LogP contribution in [0.3, 0.4) is 0 Å². The van der Waals surface area contributed by atoms with Gasteiger partial charge in [0, 0.05) is 0 Å². The van der Waals surface area contributed by atoms with Gasteiger partial charge in [-0.15, -0.1) is 23.2 Å². The highest BCUT2D eigenvalue weighted by Crippen LogP contribution is 2.76. The van der Waals surface area contributed by atoms with Gasteiger partial charge in [-0.2, -0.15) is 0 Å². The van der Waals surface area contributed by atoms with E-state index in [1.807, 2.05) is 0 Å². The fourth-order valence-electron chi connectivity index (χ4n) is 3.59. The number of fused-ring (bicyclic) bond motifs is 2. The van der Waals surface area contributed by atoms with E-state index in [2.05, 4.69) is 5.32 Å². The zero-order valence-electron chi connectivity index (χ0n) is 13.4. The summed E-state index contributed by atoms with van der Waals surface area (Å²) < 4.78 is 3.02. The van der Waals surface area contributed by atoms with E-state index < -0.39 is 37.8 Å². The lowest BCUT2D eigenvalue weighted by molar-refractivity contribution is -0.146. The summed E-state index contributed by atoms with van der Waals surface area (Å²) in [5.74, 6) is -5.02. The molecule has 0 aliphatic heterocycles. The van der Waals surface area contributed by atoms with Gasteiger partial charge in [-0.3, -0.25) is 9.59 Å². The van der Waals surface area contributed by atoms with E-state index in [0.29, 0.717) is 11.4 Å². The second kappa shape index (κ2) is 6.75. The summed E-state index contributed by atoms with van der Waals surface area (Å²) in [5.41, 5.74) is 0.293. The van der Waals surface area contributed by atoms with Crippen molar-refractivity contribution in [3.8, 4) is 5.75 Å². The molecular formula is C16H11Cl6NO4. The van der Waals surface area contributed by atoms with Crippen molar-refractivity contribution in [2.45, 2.75) is 14.1 Å². The Bertz CT molecular complexity index is 874. The van der Waals surface area contributed by atoms with Gasteiger partial charge in [0.1, 0.15) is 15.5 Å². The lowest BCUT2D eigenvalue weighted by Crippen LogP contribution is -2.47. The number of hydrogen-bond acceptors (Lipinski definition) is 3. The summed E-state index contributed by atoms with van der Waals surface area (Å²) in [7, 11) is 1.42. The summed E-state index contributed by atoms with van der Waals surface area (Å²) in [4.78, 5) is 20.9. The Labute approximate surface area is 184 Å². The fraction of sp³-hybridized carbons (Fsp3) is 0.375. The number of carboxylic acid groups (broad SMARTS) is 1. The van der Waals surface area contributed by atoms with Gasteiger partial charge in [0.05, 0.1) is 34.7 Å². The molecule has 4 atom stereocenters. The van der Waals surface area contributed by atoms with Gasteiger partial charge in [-0.05, 0) is 12.1 Å². The quantitative estimate of drug-likeness (QED) is 0.591. The minimum absolute atomic E-state index is 0.261. The van der Waals surface area contributed by atoms with Crippen LogP contribution in [0.25, 0.3) is 0 Å². The average molecular weight is 494 g/mol. The van der Waals surface area contributed by atoms with E-state index in [9.17, 15) is 14.7 Å². The minimum atomic E-state index is -2.15. The molecule has 146 valence electrons. The number of halogens is 6. The molecule has 2 aliphatic carbocycles. The van der Waals surface area contributed by atoms with E-state index in [-0.39, 0.29) is 10.1 Å². The molecule has 11 heteroatoms. The Morgan fingerprint density at radius 2 is 1.56 bits per heavy atom. The molecule has 3 rings (SSSR count). The van der Waals surface area contributed by atoms with Gasteiger partial charge < -0.3 is 15.2 Å². The molecule has 27 heavy (non-hydrogen) atoms.